The van der Waals surface area contributed by atoms with Crippen molar-refractivity contribution >= 4 is 11.3 Å². The lowest BCUT2D eigenvalue weighted by Gasteiger charge is -2.08. The molecule has 3 nitrogen and oxygen atoms in total. The number of nitrogens with zero attached hydrogens (tertiary/aromatic N) is 2. The molecule has 2 aromatic rings. The van der Waals surface area contributed by atoms with Gasteiger partial charge in [0.25, 0.3) is 0 Å². The molecule has 1 unspecified atom stereocenters. The number of rotatable bonds is 6. The number of hydrogen-bond acceptors (Lipinski definition) is 4. The molecule has 0 aliphatic heterocycles. The Kier molecular flexibility index (Phi) is 5.14. The maximum atomic E-state index is 13.6. The maximum absolute atomic E-state index is 13.6. The van der Waals surface area contributed by atoms with Crippen molar-refractivity contribution in [1.29, 1.82) is 0 Å². The van der Waals surface area contributed by atoms with Crippen LogP contribution >= 0.6 is 11.3 Å². The summed E-state index contributed by atoms with van der Waals surface area (Å²) in [5, 5.41) is 13.0. The monoisotopic (exact) mass is 297 g/mol. The van der Waals surface area contributed by atoms with Crippen LogP contribution in [0.1, 0.15) is 41.9 Å². The Bertz CT molecular complexity index is 571. The Morgan fingerprint density at radius 2 is 2.10 bits per heavy atom. The summed E-state index contributed by atoms with van der Waals surface area (Å²) in [5.74, 6) is -1.63. The third-order valence-electron chi connectivity index (χ3n) is 2.93. The predicted octanol–water partition coefficient (Wildman–Crippen LogP) is 3.47. The molecule has 108 valence electrons. The van der Waals surface area contributed by atoms with Crippen molar-refractivity contribution in [1.82, 2.24) is 15.5 Å². The summed E-state index contributed by atoms with van der Waals surface area (Å²) in [7, 11) is 0. The molecular formula is C14H17F2N3S. The van der Waals surface area contributed by atoms with Gasteiger partial charge >= 0.3 is 0 Å². The minimum absolute atomic E-state index is 0.124. The molecule has 2 rings (SSSR count). The van der Waals surface area contributed by atoms with Gasteiger partial charge in [0.05, 0.1) is 6.04 Å². The highest BCUT2D eigenvalue weighted by molar-refractivity contribution is 7.11. The zero-order valence-corrected chi connectivity index (χ0v) is 12.3. The third kappa shape index (κ3) is 3.58. The lowest BCUT2D eigenvalue weighted by molar-refractivity contribution is 0.500. The molecule has 0 fully saturated rings. The van der Waals surface area contributed by atoms with Crippen LogP contribution in [-0.4, -0.2) is 16.7 Å². The van der Waals surface area contributed by atoms with Gasteiger partial charge in [0.2, 0.25) is 0 Å². The molecule has 0 spiro atoms. The molecule has 0 aliphatic rings. The average Bonchev–Trinajstić information content (AvgIpc) is 2.90. The Balaban J connectivity index is 2.07. The molecule has 1 aromatic heterocycles. The lowest BCUT2D eigenvalue weighted by Crippen LogP contribution is -2.18. The van der Waals surface area contributed by atoms with Crippen LogP contribution < -0.4 is 5.32 Å². The molecule has 1 aromatic carbocycles. The molecule has 0 amide bonds. The van der Waals surface area contributed by atoms with Crippen LogP contribution in [0.3, 0.4) is 0 Å². The topological polar surface area (TPSA) is 37.8 Å². The van der Waals surface area contributed by atoms with Gasteiger partial charge in [-0.1, -0.05) is 30.4 Å². The minimum atomic E-state index is -0.829. The van der Waals surface area contributed by atoms with Crippen LogP contribution in [0, 0.1) is 11.6 Å². The highest BCUT2D eigenvalue weighted by atomic mass is 32.1. The quantitative estimate of drug-likeness (QED) is 0.887. The van der Waals surface area contributed by atoms with E-state index < -0.39 is 11.6 Å². The molecule has 1 atom stereocenters. The molecule has 6 heteroatoms. The summed E-state index contributed by atoms with van der Waals surface area (Å²) in [6.45, 7) is 5.02. The smallest absolute Gasteiger partial charge is 0.162 e. The molecule has 0 saturated carbocycles. The van der Waals surface area contributed by atoms with Gasteiger partial charge in [-0.15, -0.1) is 10.2 Å². The summed E-state index contributed by atoms with van der Waals surface area (Å²) in [6, 6.07) is 4.30. The van der Waals surface area contributed by atoms with Gasteiger partial charge in [-0.2, -0.15) is 0 Å². The fourth-order valence-corrected chi connectivity index (χ4v) is 2.70. The molecule has 0 radical (unpaired) electrons. The van der Waals surface area contributed by atoms with Crippen molar-refractivity contribution in [3.8, 4) is 0 Å². The van der Waals surface area contributed by atoms with Gasteiger partial charge in [-0.3, -0.25) is 0 Å². The van der Waals surface area contributed by atoms with Gasteiger partial charge in [0.15, 0.2) is 11.6 Å². The molecule has 1 N–H and O–H groups in total. The zero-order valence-electron chi connectivity index (χ0n) is 11.5. The second-order valence-electron chi connectivity index (χ2n) is 4.60. The van der Waals surface area contributed by atoms with E-state index in [2.05, 4.69) is 22.4 Å². The second-order valence-corrected chi connectivity index (χ2v) is 5.69. The largest absolute Gasteiger partial charge is 0.308 e. The van der Waals surface area contributed by atoms with Crippen LogP contribution in [0.25, 0.3) is 0 Å². The van der Waals surface area contributed by atoms with E-state index in [4.69, 9.17) is 0 Å². The van der Waals surface area contributed by atoms with Crippen LogP contribution in [0.4, 0.5) is 8.78 Å². The van der Waals surface area contributed by atoms with Crippen LogP contribution in [0.5, 0.6) is 0 Å². The number of benzene rings is 1. The van der Waals surface area contributed by atoms with E-state index in [1.165, 1.54) is 17.4 Å². The fraction of sp³-hybridized carbons (Fsp3) is 0.429. The maximum Gasteiger partial charge on any atom is 0.162 e. The van der Waals surface area contributed by atoms with Crippen molar-refractivity contribution in [2.45, 2.75) is 32.7 Å². The van der Waals surface area contributed by atoms with E-state index in [1.54, 1.807) is 6.07 Å². The zero-order chi connectivity index (χ0) is 14.5. The first-order valence-corrected chi connectivity index (χ1v) is 7.42. The highest BCUT2D eigenvalue weighted by Gasteiger charge is 2.14. The number of nitrogens with one attached hydrogen (secondary N) is 1. The molecular weight excluding hydrogens is 280 g/mol. The van der Waals surface area contributed by atoms with Gasteiger partial charge in [0, 0.05) is 6.42 Å². The predicted molar refractivity (Wildman–Crippen MR) is 75.8 cm³/mol. The van der Waals surface area contributed by atoms with Gasteiger partial charge in [-0.25, -0.2) is 8.78 Å². The van der Waals surface area contributed by atoms with Gasteiger partial charge < -0.3 is 5.32 Å². The summed E-state index contributed by atoms with van der Waals surface area (Å²) in [5.41, 5.74) is 0.307. The van der Waals surface area contributed by atoms with E-state index in [0.29, 0.717) is 10.6 Å². The average molecular weight is 297 g/mol. The van der Waals surface area contributed by atoms with Crippen molar-refractivity contribution in [3.63, 3.8) is 0 Å². The van der Waals surface area contributed by atoms with Crippen LogP contribution in [0.15, 0.2) is 18.2 Å². The third-order valence-corrected chi connectivity index (χ3v) is 4.03. The summed E-state index contributed by atoms with van der Waals surface area (Å²) in [6.07, 6.45) is 1.31. The summed E-state index contributed by atoms with van der Waals surface area (Å²) < 4.78 is 26.7. The summed E-state index contributed by atoms with van der Waals surface area (Å²) >= 11 is 1.43. The SMILES string of the molecule is CCCNC(C)c1nnc(Cc2cccc(F)c2F)s1. The molecule has 0 saturated heterocycles. The lowest BCUT2D eigenvalue weighted by atomic mass is 10.1. The second kappa shape index (κ2) is 6.85. The van der Waals surface area contributed by atoms with Crippen molar-refractivity contribution in [2.24, 2.45) is 0 Å². The minimum Gasteiger partial charge on any atom is -0.308 e. The molecule has 0 bridgehead atoms. The van der Waals surface area contributed by atoms with Crippen molar-refractivity contribution < 1.29 is 8.78 Å². The first-order valence-electron chi connectivity index (χ1n) is 6.60. The van der Waals surface area contributed by atoms with E-state index in [0.717, 1.165) is 24.0 Å². The number of hydrogen-bond donors (Lipinski definition) is 1. The Labute approximate surface area is 121 Å². The molecule has 20 heavy (non-hydrogen) atoms. The van der Waals surface area contributed by atoms with Gasteiger partial charge in [-0.05, 0) is 31.5 Å². The van der Waals surface area contributed by atoms with Gasteiger partial charge in [0.1, 0.15) is 10.0 Å². The summed E-state index contributed by atoms with van der Waals surface area (Å²) in [4.78, 5) is 0. The molecule has 0 aliphatic carbocycles. The standard InChI is InChI=1S/C14H17F2N3S/c1-3-7-17-9(2)14-19-18-12(20-14)8-10-5-4-6-11(15)13(10)16/h4-6,9,17H,3,7-8H2,1-2H3. The fourth-order valence-electron chi connectivity index (χ4n) is 1.81. The van der Waals surface area contributed by atoms with Crippen LogP contribution in [0.2, 0.25) is 0 Å². The van der Waals surface area contributed by atoms with E-state index in [-0.39, 0.29) is 12.5 Å². The van der Waals surface area contributed by atoms with Crippen molar-refractivity contribution in [2.75, 3.05) is 6.54 Å². The first kappa shape index (κ1) is 15.0. The van der Waals surface area contributed by atoms with E-state index in [1.807, 2.05) is 6.92 Å². The highest BCUT2D eigenvalue weighted by Crippen LogP contribution is 2.21. The Hall–Kier alpha value is -1.40. The number of halogens is 2. The number of aromatic nitrogens is 2. The van der Waals surface area contributed by atoms with Crippen molar-refractivity contribution in [3.05, 3.63) is 45.4 Å². The normalized spacial score (nSPS) is 12.6. The van der Waals surface area contributed by atoms with Crippen LogP contribution in [-0.2, 0) is 6.42 Å². The van der Waals surface area contributed by atoms with E-state index >= 15 is 0 Å². The van der Waals surface area contributed by atoms with E-state index in [9.17, 15) is 8.78 Å². The molecule has 1 heterocycles. The Morgan fingerprint density at radius 3 is 2.85 bits per heavy atom. The first-order chi connectivity index (χ1) is 9.61. The Morgan fingerprint density at radius 1 is 1.30 bits per heavy atom.